The minimum absolute atomic E-state index is 0.692. The molecule has 0 aliphatic rings. The summed E-state index contributed by atoms with van der Waals surface area (Å²) in [6, 6.07) is 3.57. The predicted octanol–water partition coefficient (Wildman–Crippen LogP) is 3.12. The highest BCUT2D eigenvalue weighted by molar-refractivity contribution is 5.76. The zero-order chi connectivity index (χ0) is 15.1. The van der Waals surface area contributed by atoms with E-state index in [1.165, 1.54) is 7.05 Å². The second kappa shape index (κ2) is 14.6. The first kappa shape index (κ1) is 19.9. The van der Waals surface area contributed by atoms with Gasteiger partial charge in [-0.2, -0.15) is 0 Å². The lowest BCUT2D eigenvalue weighted by Crippen LogP contribution is -2.25. The van der Waals surface area contributed by atoms with Gasteiger partial charge in [0.2, 0.25) is 0 Å². The van der Waals surface area contributed by atoms with Gasteiger partial charge >= 0.3 is 0 Å². The molecule has 0 saturated heterocycles. The Kier molecular flexibility index (Phi) is 15.3. The zero-order valence-corrected chi connectivity index (χ0v) is 13.0. The third-order valence-corrected chi connectivity index (χ3v) is 2.22. The van der Waals surface area contributed by atoms with E-state index in [9.17, 15) is 4.79 Å². The van der Waals surface area contributed by atoms with Crippen LogP contribution in [-0.2, 0) is 0 Å². The van der Waals surface area contributed by atoms with Gasteiger partial charge in [-0.3, -0.25) is 4.79 Å². The van der Waals surface area contributed by atoms with Crippen LogP contribution in [0.2, 0.25) is 0 Å². The molecule has 1 heterocycles. The predicted molar refractivity (Wildman–Crippen MR) is 83.9 cm³/mol. The maximum Gasteiger partial charge on any atom is 0.150 e. The molecule has 4 nitrogen and oxygen atoms in total. The number of aldehydes is 1. The first-order valence-electron chi connectivity index (χ1n) is 7.05. The second-order valence-corrected chi connectivity index (χ2v) is 3.55. The number of nitrogens with zero attached hydrogens (tertiary/aromatic N) is 2. The molecule has 0 bridgehead atoms. The Bertz CT molecular complexity index is 310. The number of nitrogens with two attached hydrogens (primary N) is 1. The molecule has 0 saturated carbocycles. The lowest BCUT2D eigenvalue weighted by molar-refractivity contribution is 0.112. The number of hydrogen-bond acceptors (Lipinski definition) is 4. The Hall–Kier alpha value is -1.42. The van der Waals surface area contributed by atoms with Crippen LogP contribution in [0.4, 0.5) is 5.82 Å². The maximum atomic E-state index is 10.7. The first-order chi connectivity index (χ1) is 9.31. The number of carbonyl (C=O) groups is 1. The molecule has 0 aromatic carbocycles. The van der Waals surface area contributed by atoms with Crippen molar-refractivity contribution in [3.8, 4) is 0 Å². The molecule has 0 amide bonds. The molecule has 0 spiro atoms. The highest BCUT2D eigenvalue weighted by Gasteiger charge is 2.05. The van der Waals surface area contributed by atoms with Gasteiger partial charge in [-0.15, -0.1) is 0 Å². The van der Waals surface area contributed by atoms with Crippen molar-refractivity contribution in [3.63, 3.8) is 0 Å². The minimum atomic E-state index is 0.692. The summed E-state index contributed by atoms with van der Waals surface area (Å²) in [4.78, 5) is 17.2. The Labute approximate surface area is 118 Å². The molecule has 19 heavy (non-hydrogen) atoms. The molecule has 110 valence electrons. The van der Waals surface area contributed by atoms with Crippen molar-refractivity contribution in [2.75, 3.05) is 25.0 Å². The summed E-state index contributed by atoms with van der Waals surface area (Å²) in [5.41, 5.74) is 5.19. The summed E-state index contributed by atoms with van der Waals surface area (Å²) in [5.74, 6) is 0.906. The summed E-state index contributed by atoms with van der Waals surface area (Å²) < 4.78 is 0. The molecule has 0 unspecified atom stereocenters. The monoisotopic (exact) mass is 267 g/mol. The standard InChI is InChI=1S/C12H18N2O.C2H6.CH5N/c1-3-7-14(8-4-2)12-9-11(10-15)5-6-13-12;2*1-2/h5-6,9-10H,3-4,7-8H2,1-2H3;1-2H3;2H2,1H3. The van der Waals surface area contributed by atoms with Crippen LogP contribution in [0.5, 0.6) is 0 Å². The van der Waals surface area contributed by atoms with Crippen molar-refractivity contribution in [1.29, 1.82) is 0 Å². The van der Waals surface area contributed by atoms with Crippen LogP contribution in [0.1, 0.15) is 50.9 Å². The average Bonchev–Trinajstić information content (AvgIpc) is 2.51. The van der Waals surface area contributed by atoms with Crippen molar-refractivity contribution < 1.29 is 4.79 Å². The van der Waals surface area contributed by atoms with Crippen molar-refractivity contribution >= 4 is 12.1 Å². The van der Waals surface area contributed by atoms with Gasteiger partial charge in [0.25, 0.3) is 0 Å². The molecule has 1 aromatic heterocycles. The van der Waals surface area contributed by atoms with E-state index in [4.69, 9.17) is 0 Å². The topological polar surface area (TPSA) is 59.2 Å². The van der Waals surface area contributed by atoms with E-state index in [0.717, 1.165) is 38.0 Å². The van der Waals surface area contributed by atoms with E-state index in [-0.39, 0.29) is 0 Å². The van der Waals surface area contributed by atoms with Gasteiger partial charge in [-0.1, -0.05) is 27.7 Å². The van der Waals surface area contributed by atoms with E-state index < -0.39 is 0 Å². The zero-order valence-electron chi connectivity index (χ0n) is 13.0. The molecule has 0 aliphatic heterocycles. The highest BCUT2D eigenvalue weighted by Crippen LogP contribution is 2.12. The number of rotatable bonds is 6. The number of aromatic nitrogens is 1. The quantitative estimate of drug-likeness (QED) is 0.804. The van der Waals surface area contributed by atoms with Crippen LogP contribution in [0.25, 0.3) is 0 Å². The van der Waals surface area contributed by atoms with E-state index in [0.29, 0.717) is 5.56 Å². The molecular weight excluding hydrogens is 238 g/mol. The molecule has 2 N–H and O–H groups in total. The van der Waals surface area contributed by atoms with E-state index in [2.05, 4.69) is 29.5 Å². The Morgan fingerprint density at radius 2 is 1.74 bits per heavy atom. The van der Waals surface area contributed by atoms with Crippen molar-refractivity contribution in [1.82, 2.24) is 4.98 Å². The molecule has 1 rings (SSSR count). The second-order valence-electron chi connectivity index (χ2n) is 3.55. The maximum absolute atomic E-state index is 10.7. The minimum Gasteiger partial charge on any atom is -0.357 e. The van der Waals surface area contributed by atoms with Crippen LogP contribution >= 0.6 is 0 Å². The Morgan fingerprint density at radius 1 is 1.21 bits per heavy atom. The fraction of sp³-hybridized carbons (Fsp3) is 0.600. The third kappa shape index (κ3) is 8.32. The van der Waals surface area contributed by atoms with Gasteiger partial charge < -0.3 is 10.6 Å². The lowest BCUT2D eigenvalue weighted by Gasteiger charge is -2.22. The summed E-state index contributed by atoms with van der Waals surface area (Å²) in [7, 11) is 1.50. The van der Waals surface area contributed by atoms with Gasteiger partial charge in [0.1, 0.15) is 12.1 Å². The van der Waals surface area contributed by atoms with Crippen LogP contribution in [0, 0.1) is 0 Å². The molecule has 0 atom stereocenters. The van der Waals surface area contributed by atoms with Crippen LogP contribution < -0.4 is 10.6 Å². The van der Waals surface area contributed by atoms with Crippen LogP contribution in [-0.4, -0.2) is 31.4 Å². The number of hydrogen-bond donors (Lipinski definition) is 1. The van der Waals surface area contributed by atoms with E-state index in [1.807, 2.05) is 19.9 Å². The van der Waals surface area contributed by atoms with E-state index >= 15 is 0 Å². The largest absolute Gasteiger partial charge is 0.357 e. The summed E-state index contributed by atoms with van der Waals surface area (Å²) in [6.07, 6.45) is 4.73. The fourth-order valence-electron chi connectivity index (χ4n) is 1.56. The normalized spacial score (nSPS) is 8.53. The molecule has 0 fully saturated rings. The van der Waals surface area contributed by atoms with Gasteiger partial charge in [-0.05, 0) is 32.0 Å². The number of carbonyl (C=O) groups excluding carboxylic acids is 1. The van der Waals surface area contributed by atoms with E-state index in [1.54, 1.807) is 12.3 Å². The summed E-state index contributed by atoms with van der Waals surface area (Å²) in [6.45, 7) is 10.3. The molecular formula is C15H29N3O. The van der Waals surface area contributed by atoms with Crippen molar-refractivity contribution in [2.24, 2.45) is 5.73 Å². The van der Waals surface area contributed by atoms with Gasteiger partial charge in [0.05, 0.1) is 0 Å². The third-order valence-electron chi connectivity index (χ3n) is 2.22. The average molecular weight is 267 g/mol. The van der Waals surface area contributed by atoms with Gasteiger partial charge in [0.15, 0.2) is 0 Å². The summed E-state index contributed by atoms with van der Waals surface area (Å²) >= 11 is 0. The lowest BCUT2D eigenvalue weighted by atomic mass is 10.2. The summed E-state index contributed by atoms with van der Waals surface area (Å²) in [5, 5.41) is 0. The molecule has 0 aliphatic carbocycles. The highest BCUT2D eigenvalue weighted by atomic mass is 16.1. The Balaban J connectivity index is 0. The Morgan fingerprint density at radius 3 is 2.16 bits per heavy atom. The van der Waals surface area contributed by atoms with Gasteiger partial charge in [-0.25, -0.2) is 4.98 Å². The molecule has 4 heteroatoms. The molecule has 0 radical (unpaired) electrons. The SMILES string of the molecule is CC.CCCN(CCC)c1cc(C=O)ccn1.CN. The van der Waals surface area contributed by atoms with Crippen LogP contribution in [0.15, 0.2) is 18.3 Å². The smallest absolute Gasteiger partial charge is 0.150 e. The van der Waals surface area contributed by atoms with Gasteiger partial charge in [0, 0.05) is 24.8 Å². The van der Waals surface area contributed by atoms with Crippen LogP contribution in [0.3, 0.4) is 0 Å². The van der Waals surface area contributed by atoms with Crippen molar-refractivity contribution in [2.45, 2.75) is 40.5 Å². The first-order valence-corrected chi connectivity index (χ1v) is 7.05. The molecule has 1 aromatic rings. The number of anilines is 1. The number of pyridine rings is 1. The fourth-order valence-corrected chi connectivity index (χ4v) is 1.56. The van der Waals surface area contributed by atoms with Crippen molar-refractivity contribution in [3.05, 3.63) is 23.9 Å².